The first-order valence-electron chi connectivity index (χ1n) is 7.23. The molecule has 0 saturated heterocycles. The largest absolute Gasteiger partial charge is 0.348 e. The van der Waals surface area contributed by atoms with E-state index in [0.29, 0.717) is 11.7 Å². The van der Waals surface area contributed by atoms with Crippen LogP contribution in [0.25, 0.3) is 0 Å². The maximum atomic E-state index is 12.2. The smallest absolute Gasteiger partial charge is 0.271 e. The van der Waals surface area contributed by atoms with E-state index in [4.69, 9.17) is 0 Å². The van der Waals surface area contributed by atoms with Gasteiger partial charge in [0.05, 0.1) is 6.04 Å². The minimum Gasteiger partial charge on any atom is -0.348 e. The van der Waals surface area contributed by atoms with Gasteiger partial charge in [-0.2, -0.15) is 0 Å². The van der Waals surface area contributed by atoms with Crippen LogP contribution < -0.4 is 5.32 Å². The van der Waals surface area contributed by atoms with Crippen molar-refractivity contribution in [3.8, 4) is 0 Å². The van der Waals surface area contributed by atoms with Gasteiger partial charge < -0.3 is 9.88 Å². The molecular formula is C14H22N4O. The Morgan fingerprint density at radius 1 is 1.37 bits per heavy atom. The van der Waals surface area contributed by atoms with Gasteiger partial charge in [-0.05, 0) is 26.8 Å². The van der Waals surface area contributed by atoms with E-state index in [0.717, 1.165) is 31.8 Å². The van der Waals surface area contributed by atoms with Crippen LogP contribution in [0.15, 0.2) is 6.20 Å². The Hall–Kier alpha value is -1.36. The maximum absolute atomic E-state index is 12.2. The number of likely N-dealkylation sites (N-methyl/N-ethyl adjacent to an activating group) is 1. The van der Waals surface area contributed by atoms with Gasteiger partial charge in [-0.1, -0.05) is 12.8 Å². The second kappa shape index (κ2) is 4.96. The lowest BCUT2D eigenvalue weighted by Crippen LogP contribution is -2.33. The molecule has 1 N–H and O–H groups in total. The average molecular weight is 262 g/mol. The van der Waals surface area contributed by atoms with Crippen molar-refractivity contribution in [3.63, 3.8) is 0 Å². The number of aromatic nitrogens is 2. The van der Waals surface area contributed by atoms with Crippen molar-refractivity contribution in [2.45, 2.75) is 51.2 Å². The second-order valence-corrected chi connectivity index (χ2v) is 5.79. The van der Waals surface area contributed by atoms with Crippen molar-refractivity contribution in [2.24, 2.45) is 0 Å². The zero-order chi connectivity index (χ0) is 13.4. The van der Waals surface area contributed by atoms with Gasteiger partial charge in [0.15, 0.2) is 0 Å². The summed E-state index contributed by atoms with van der Waals surface area (Å²) in [5, 5.41) is 3.10. The fourth-order valence-electron chi connectivity index (χ4n) is 3.04. The number of nitrogens with one attached hydrogen (secondary N) is 1. The molecule has 2 aliphatic rings. The van der Waals surface area contributed by atoms with Crippen LogP contribution in [-0.2, 0) is 6.54 Å². The Morgan fingerprint density at radius 2 is 2.11 bits per heavy atom. The van der Waals surface area contributed by atoms with Gasteiger partial charge >= 0.3 is 0 Å². The normalized spacial score (nSPS) is 24.4. The standard InChI is InChI=1S/C14H22N4O/c1-10-13-16-12(9-18(13)8-7-17(10)2)14(19)15-11-5-3-4-6-11/h9-11H,3-8H2,1-2H3,(H,15,19)/t10-/m0/s1. The number of carbonyl (C=O) groups excluding carboxylic acids is 1. The molecule has 104 valence electrons. The summed E-state index contributed by atoms with van der Waals surface area (Å²) < 4.78 is 2.12. The molecule has 0 bridgehead atoms. The maximum Gasteiger partial charge on any atom is 0.271 e. The summed E-state index contributed by atoms with van der Waals surface area (Å²) in [7, 11) is 2.10. The number of imidazole rings is 1. The summed E-state index contributed by atoms with van der Waals surface area (Å²) >= 11 is 0. The van der Waals surface area contributed by atoms with Gasteiger partial charge in [0, 0.05) is 25.3 Å². The zero-order valence-corrected chi connectivity index (χ0v) is 11.7. The highest BCUT2D eigenvalue weighted by atomic mass is 16.2. The summed E-state index contributed by atoms with van der Waals surface area (Å²) in [6, 6.07) is 0.633. The first-order valence-corrected chi connectivity index (χ1v) is 7.23. The first kappa shape index (κ1) is 12.7. The van der Waals surface area contributed by atoms with Gasteiger partial charge in [-0.15, -0.1) is 0 Å². The molecule has 1 atom stereocenters. The van der Waals surface area contributed by atoms with E-state index in [9.17, 15) is 4.79 Å². The lowest BCUT2D eigenvalue weighted by atomic mass is 10.2. The first-order chi connectivity index (χ1) is 9.15. The molecule has 0 spiro atoms. The summed E-state index contributed by atoms with van der Waals surface area (Å²) in [5.74, 6) is 0.994. The van der Waals surface area contributed by atoms with Gasteiger partial charge in [0.1, 0.15) is 11.5 Å². The highest BCUT2D eigenvalue weighted by molar-refractivity contribution is 5.92. The molecule has 19 heavy (non-hydrogen) atoms. The Morgan fingerprint density at radius 3 is 2.84 bits per heavy atom. The quantitative estimate of drug-likeness (QED) is 0.880. The number of nitrogens with zero attached hydrogens (tertiary/aromatic N) is 3. The molecule has 2 heterocycles. The lowest BCUT2D eigenvalue weighted by molar-refractivity contribution is 0.0933. The van der Waals surface area contributed by atoms with Gasteiger partial charge in [-0.3, -0.25) is 9.69 Å². The zero-order valence-electron chi connectivity index (χ0n) is 11.7. The summed E-state index contributed by atoms with van der Waals surface area (Å²) in [6.45, 7) is 4.06. The monoisotopic (exact) mass is 262 g/mol. The third-order valence-electron chi connectivity index (χ3n) is 4.46. The Balaban J connectivity index is 1.75. The summed E-state index contributed by atoms with van der Waals surface area (Å²) in [6.07, 6.45) is 6.58. The van der Waals surface area contributed by atoms with Gasteiger partial charge in [-0.25, -0.2) is 4.98 Å². The fraction of sp³-hybridized carbons (Fsp3) is 0.714. The third-order valence-corrected chi connectivity index (χ3v) is 4.46. The van der Waals surface area contributed by atoms with E-state index >= 15 is 0 Å². The van der Waals surface area contributed by atoms with Crippen LogP contribution in [0, 0.1) is 0 Å². The van der Waals surface area contributed by atoms with Crippen molar-refractivity contribution >= 4 is 5.91 Å². The molecule has 1 aromatic rings. The van der Waals surface area contributed by atoms with E-state index in [-0.39, 0.29) is 11.9 Å². The van der Waals surface area contributed by atoms with E-state index in [1.54, 1.807) is 0 Å². The average Bonchev–Trinajstić information content (AvgIpc) is 3.02. The fourth-order valence-corrected chi connectivity index (χ4v) is 3.04. The predicted molar refractivity (Wildman–Crippen MR) is 73.0 cm³/mol. The number of hydrogen-bond acceptors (Lipinski definition) is 3. The van der Waals surface area contributed by atoms with Crippen molar-refractivity contribution in [3.05, 3.63) is 17.7 Å². The molecule has 1 amide bonds. The number of rotatable bonds is 2. The molecule has 0 unspecified atom stereocenters. The molecule has 0 radical (unpaired) electrons. The van der Waals surface area contributed by atoms with E-state index in [1.165, 1.54) is 12.8 Å². The Bertz CT molecular complexity index is 476. The molecule has 1 aromatic heterocycles. The minimum atomic E-state index is -0.0105. The summed E-state index contributed by atoms with van der Waals surface area (Å²) in [5.41, 5.74) is 0.573. The summed E-state index contributed by atoms with van der Waals surface area (Å²) in [4.78, 5) is 19.0. The van der Waals surface area contributed by atoms with Crippen LogP contribution in [0.4, 0.5) is 0 Å². The van der Waals surface area contributed by atoms with Gasteiger partial charge in [0.2, 0.25) is 0 Å². The lowest BCUT2D eigenvalue weighted by Gasteiger charge is -2.29. The molecule has 0 aromatic carbocycles. The highest BCUT2D eigenvalue weighted by Gasteiger charge is 2.26. The number of carbonyl (C=O) groups is 1. The van der Waals surface area contributed by atoms with Crippen molar-refractivity contribution in [1.82, 2.24) is 19.8 Å². The number of amides is 1. The van der Waals surface area contributed by atoms with E-state index < -0.39 is 0 Å². The Labute approximate surface area is 114 Å². The topological polar surface area (TPSA) is 50.2 Å². The van der Waals surface area contributed by atoms with E-state index in [2.05, 4.69) is 33.7 Å². The van der Waals surface area contributed by atoms with Crippen LogP contribution in [0.3, 0.4) is 0 Å². The molecule has 5 nitrogen and oxygen atoms in total. The van der Waals surface area contributed by atoms with Crippen LogP contribution >= 0.6 is 0 Å². The van der Waals surface area contributed by atoms with Crippen LogP contribution in [0.2, 0.25) is 0 Å². The van der Waals surface area contributed by atoms with E-state index in [1.807, 2.05) is 6.20 Å². The van der Waals surface area contributed by atoms with Gasteiger partial charge in [0.25, 0.3) is 5.91 Å². The van der Waals surface area contributed by atoms with Crippen molar-refractivity contribution < 1.29 is 4.79 Å². The third kappa shape index (κ3) is 2.39. The van der Waals surface area contributed by atoms with Crippen molar-refractivity contribution in [2.75, 3.05) is 13.6 Å². The number of fused-ring (bicyclic) bond motifs is 1. The molecule has 1 fully saturated rings. The van der Waals surface area contributed by atoms with Crippen LogP contribution in [0.5, 0.6) is 0 Å². The molecule has 1 aliphatic carbocycles. The van der Waals surface area contributed by atoms with Crippen molar-refractivity contribution in [1.29, 1.82) is 0 Å². The molecule has 1 saturated carbocycles. The van der Waals surface area contributed by atoms with Crippen LogP contribution in [0.1, 0.15) is 55.0 Å². The Kier molecular flexibility index (Phi) is 3.31. The number of hydrogen-bond donors (Lipinski definition) is 1. The second-order valence-electron chi connectivity index (χ2n) is 5.79. The molecule has 1 aliphatic heterocycles. The predicted octanol–water partition coefficient (Wildman–Crippen LogP) is 1.56. The molecular weight excluding hydrogens is 240 g/mol. The minimum absolute atomic E-state index is 0.0105. The molecule has 5 heteroatoms. The highest BCUT2D eigenvalue weighted by Crippen LogP contribution is 2.23. The molecule has 3 rings (SSSR count). The SMILES string of the molecule is C[C@H]1c2nc(C(=O)NC3CCCC3)cn2CCN1C. The van der Waals surface area contributed by atoms with Crippen LogP contribution in [-0.4, -0.2) is 40.0 Å².